The minimum Gasteiger partial charge on any atom is -0.497 e. The first-order valence-corrected chi connectivity index (χ1v) is 22.3. The summed E-state index contributed by atoms with van der Waals surface area (Å²) < 4.78 is 41.4. The van der Waals surface area contributed by atoms with E-state index in [-0.39, 0.29) is 37.1 Å². The van der Waals surface area contributed by atoms with Crippen LogP contribution in [-0.2, 0) is 24.3 Å². The molecule has 1 aromatic heterocycles. The molecule has 62 heavy (non-hydrogen) atoms. The molecule has 1 amide bonds. The van der Waals surface area contributed by atoms with Gasteiger partial charge in [-0.2, -0.15) is 14.8 Å². The number of aromatic nitrogens is 2. The average molecular weight is 865 g/mol. The quantitative estimate of drug-likeness (QED) is 0.0618. The van der Waals surface area contributed by atoms with Crippen molar-refractivity contribution in [2.24, 2.45) is 0 Å². The van der Waals surface area contributed by atoms with Crippen LogP contribution in [0.2, 0.25) is 0 Å². The molecule has 0 radical (unpaired) electrons. The van der Waals surface area contributed by atoms with E-state index >= 15 is 0 Å². The Balaban J connectivity index is 1.46. The molecule has 15 heteroatoms. The van der Waals surface area contributed by atoms with E-state index in [4.69, 9.17) is 28.2 Å². The van der Waals surface area contributed by atoms with Crippen molar-refractivity contribution in [2.45, 2.75) is 76.3 Å². The van der Waals surface area contributed by atoms with Crippen LogP contribution in [0.1, 0.15) is 67.4 Å². The Hall–Kier alpha value is -5.49. The van der Waals surface area contributed by atoms with Gasteiger partial charge in [0.2, 0.25) is 0 Å². The molecule has 0 saturated carbocycles. The molecule has 14 nitrogen and oxygen atoms in total. The molecule has 0 spiro atoms. The molecule has 326 valence electrons. The lowest BCUT2D eigenvalue weighted by Gasteiger charge is -2.39. The van der Waals surface area contributed by atoms with Crippen LogP contribution in [0.15, 0.2) is 126 Å². The van der Waals surface area contributed by atoms with Crippen molar-refractivity contribution in [3.05, 3.63) is 154 Å². The van der Waals surface area contributed by atoms with Crippen molar-refractivity contribution in [2.75, 3.05) is 39.4 Å². The molecule has 2 heterocycles. The first-order valence-electron chi connectivity index (χ1n) is 20.5. The molecule has 6 rings (SSSR count). The third-order valence-corrected chi connectivity index (χ3v) is 13.8. The van der Waals surface area contributed by atoms with Crippen LogP contribution in [0, 0.1) is 11.3 Å². The maximum atomic E-state index is 13.9. The SMILES string of the molecule is COc1ccc(C(OC[C@H]2O[C@@H](n3ccc(NC(=O)c4ccccc4)nc3=O)[C@H](OC)[C@@H]2O[P+](O)(CCC#N)N(C(C)C)C(C)C)(c2ccccc2)c2ccc(OC)cc2)cc1. The Bertz CT molecular complexity index is 2270. The number of nitriles is 1. The zero-order valence-electron chi connectivity index (χ0n) is 36.1. The van der Waals surface area contributed by atoms with Crippen molar-refractivity contribution in [3.63, 3.8) is 0 Å². The lowest BCUT2D eigenvalue weighted by Crippen LogP contribution is -2.45. The van der Waals surface area contributed by atoms with E-state index in [1.807, 2.05) is 111 Å². The van der Waals surface area contributed by atoms with Crippen LogP contribution in [0.3, 0.4) is 0 Å². The topological polar surface area (TPSA) is 167 Å². The predicted octanol–water partition coefficient (Wildman–Crippen LogP) is 7.61. The fourth-order valence-electron chi connectivity index (χ4n) is 8.11. The second-order valence-corrected chi connectivity index (χ2v) is 17.8. The number of carbonyl (C=O) groups is 1. The van der Waals surface area contributed by atoms with E-state index in [0.29, 0.717) is 17.1 Å². The maximum absolute atomic E-state index is 13.9. The largest absolute Gasteiger partial charge is 0.497 e. The number of nitrogens with one attached hydrogen (secondary N) is 1. The summed E-state index contributed by atoms with van der Waals surface area (Å²) in [5.74, 6) is 0.944. The van der Waals surface area contributed by atoms with Gasteiger partial charge >= 0.3 is 13.6 Å². The second-order valence-electron chi connectivity index (χ2n) is 15.3. The molecular formula is C47H55N5O9P+. The van der Waals surface area contributed by atoms with E-state index in [9.17, 15) is 19.7 Å². The number of amides is 1. The second kappa shape index (κ2) is 20.6. The van der Waals surface area contributed by atoms with Crippen LogP contribution in [-0.4, -0.2) is 89.5 Å². The van der Waals surface area contributed by atoms with Crippen LogP contribution >= 0.6 is 7.87 Å². The Morgan fingerprint density at radius 3 is 1.90 bits per heavy atom. The van der Waals surface area contributed by atoms with Crippen LogP contribution in [0.5, 0.6) is 11.5 Å². The fourth-order valence-corrected chi connectivity index (χ4v) is 11.0. The summed E-state index contributed by atoms with van der Waals surface area (Å²) >= 11 is 0. The van der Waals surface area contributed by atoms with E-state index in [1.165, 1.54) is 23.9 Å². The van der Waals surface area contributed by atoms with Gasteiger partial charge in [-0.15, -0.1) is 4.67 Å². The van der Waals surface area contributed by atoms with Crippen molar-refractivity contribution < 1.29 is 37.9 Å². The third kappa shape index (κ3) is 9.91. The van der Waals surface area contributed by atoms with Crippen LogP contribution < -0.4 is 20.5 Å². The van der Waals surface area contributed by atoms with Crippen molar-refractivity contribution in [1.29, 1.82) is 5.26 Å². The summed E-state index contributed by atoms with van der Waals surface area (Å²) in [7, 11) is 1.12. The van der Waals surface area contributed by atoms with Gasteiger partial charge < -0.3 is 29.0 Å². The lowest BCUT2D eigenvalue weighted by molar-refractivity contribution is -0.0958. The Kier molecular flexibility index (Phi) is 15.3. The number of ether oxygens (including phenoxy) is 5. The van der Waals surface area contributed by atoms with Crippen molar-refractivity contribution >= 4 is 19.6 Å². The monoisotopic (exact) mass is 864 g/mol. The minimum absolute atomic E-state index is 0.0294. The molecule has 0 bridgehead atoms. The zero-order chi connectivity index (χ0) is 44.4. The van der Waals surface area contributed by atoms with Crippen molar-refractivity contribution in [3.8, 4) is 17.6 Å². The first-order chi connectivity index (χ1) is 29.9. The minimum atomic E-state index is -3.57. The van der Waals surface area contributed by atoms with Gasteiger partial charge in [0.15, 0.2) is 12.3 Å². The molecule has 5 aromatic rings. The highest BCUT2D eigenvalue weighted by atomic mass is 31.2. The third-order valence-electron chi connectivity index (χ3n) is 10.8. The summed E-state index contributed by atoms with van der Waals surface area (Å²) in [6, 6.07) is 37.0. The number of hydrogen-bond acceptors (Lipinski definition) is 12. The summed E-state index contributed by atoms with van der Waals surface area (Å²) in [5, 5.41) is 12.4. The van der Waals surface area contributed by atoms with Gasteiger partial charge in [0.05, 0.1) is 33.3 Å². The highest BCUT2D eigenvalue weighted by molar-refractivity contribution is 7.63. The Labute approximate surface area is 363 Å². The summed E-state index contributed by atoms with van der Waals surface area (Å²) in [5.41, 5.74) is 0.797. The fraction of sp³-hybridized carbons (Fsp3) is 0.362. The molecule has 5 atom stereocenters. The van der Waals surface area contributed by atoms with Crippen molar-refractivity contribution in [1.82, 2.24) is 14.2 Å². The molecular weight excluding hydrogens is 810 g/mol. The van der Waals surface area contributed by atoms with Gasteiger partial charge in [-0.25, -0.2) is 9.69 Å². The standard InChI is InChI=1S/C47H54N5O9P/c1-32(2)52(33(3)4)62(55,30-14-28-48)61-42-40(60-45(43(42)58-7)51-29-27-41(50-46(51)54)49-44(53)34-15-10-8-11-16-34)31-59-47(35-17-12-9-13-18-35,36-19-23-38(56-5)24-20-36)37-21-25-39(57-6)26-22-37/h8-13,15-27,29,32-33,40,42-43,45,55H,14,30-31H2,1-7H3/p+1/t40-,42-,43-,45-,62?/m1/s1. The van der Waals surface area contributed by atoms with Gasteiger partial charge in [-0.05, 0) is 86.8 Å². The van der Waals surface area contributed by atoms with Crippen LogP contribution in [0.4, 0.5) is 5.82 Å². The molecule has 0 aliphatic carbocycles. The van der Waals surface area contributed by atoms with Gasteiger partial charge in [-0.3, -0.25) is 9.36 Å². The number of carbonyl (C=O) groups excluding carboxylic acids is 1. The summed E-state index contributed by atoms with van der Waals surface area (Å²) in [6.07, 6.45) is -2.57. The molecule has 1 aliphatic rings. The molecule has 1 fully saturated rings. The molecule has 4 aromatic carbocycles. The van der Waals surface area contributed by atoms with Gasteiger partial charge in [0.25, 0.3) is 5.91 Å². The predicted molar refractivity (Wildman–Crippen MR) is 237 cm³/mol. The van der Waals surface area contributed by atoms with E-state index in [1.54, 1.807) is 44.6 Å². The number of hydrogen-bond donors (Lipinski definition) is 2. The lowest BCUT2D eigenvalue weighted by atomic mass is 9.80. The smallest absolute Gasteiger partial charge is 0.351 e. The highest BCUT2D eigenvalue weighted by Gasteiger charge is 2.58. The molecule has 1 aliphatic heterocycles. The molecule has 2 N–H and O–H groups in total. The zero-order valence-corrected chi connectivity index (χ0v) is 37.0. The van der Waals surface area contributed by atoms with E-state index < -0.39 is 49.6 Å². The Morgan fingerprint density at radius 2 is 1.40 bits per heavy atom. The van der Waals surface area contributed by atoms with E-state index in [2.05, 4.69) is 16.4 Å². The number of rotatable bonds is 19. The van der Waals surface area contributed by atoms with Gasteiger partial charge in [-0.1, -0.05) is 72.8 Å². The number of nitrogens with zero attached hydrogens (tertiary/aromatic N) is 4. The number of benzene rings is 4. The normalized spacial score (nSPS) is 18.7. The number of methoxy groups -OCH3 is 3. The maximum Gasteiger partial charge on any atom is 0.351 e. The number of anilines is 1. The Morgan fingerprint density at radius 1 is 0.855 bits per heavy atom. The summed E-state index contributed by atoms with van der Waals surface area (Å²) in [4.78, 5) is 43.7. The van der Waals surface area contributed by atoms with Gasteiger partial charge in [0.1, 0.15) is 41.3 Å². The molecule has 1 unspecified atom stereocenters. The first kappa shape index (κ1) is 46.0. The van der Waals surface area contributed by atoms with Crippen LogP contribution in [0.25, 0.3) is 0 Å². The highest BCUT2D eigenvalue weighted by Crippen LogP contribution is 2.64. The van der Waals surface area contributed by atoms with Gasteiger partial charge in [0, 0.05) is 31.0 Å². The average Bonchev–Trinajstić information content (AvgIpc) is 3.62. The molecule has 1 saturated heterocycles. The van der Waals surface area contributed by atoms with E-state index in [0.717, 1.165) is 16.7 Å². The summed E-state index contributed by atoms with van der Waals surface area (Å²) in [6.45, 7) is 7.71.